The summed E-state index contributed by atoms with van der Waals surface area (Å²) < 4.78 is 37.2. The van der Waals surface area contributed by atoms with E-state index >= 15 is 0 Å². The fraction of sp³-hybridized carbons (Fsp3) is 0.333. The SMILES string of the molecule is COc1ccc(N2CCN(C(=O)COC(=O)c3ccc(S(N)(=O)=O)o3)CC2)cc1. The monoisotopic (exact) mass is 423 g/mol. The summed E-state index contributed by atoms with van der Waals surface area (Å²) in [6, 6.07) is 9.84. The first-order chi connectivity index (χ1) is 13.8. The fourth-order valence-corrected chi connectivity index (χ4v) is 3.34. The van der Waals surface area contributed by atoms with Crippen molar-refractivity contribution in [3.05, 3.63) is 42.2 Å². The molecule has 0 radical (unpaired) electrons. The van der Waals surface area contributed by atoms with Gasteiger partial charge >= 0.3 is 5.97 Å². The number of nitrogens with two attached hydrogens (primary N) is 1. The van der Waals surface area contributed by atoms with Gasteiger partial charge in [-0.3, -0.25) is 4.79 Å². The van der Waals surface area contributed by atoms with Gasteiger partial charge in [0.2, 0.25) is 10.9 Å². The van der Waals surface area contributed by atoms with Crippen molar-refractivity contribution in [2.24, 2.45) is 5.14 Å². The number of carbonyl (C=O) groups is 2. The molecular weight excluding hydrogens is 402 g/mol. The summed E-state index contributed by atoms with van der Waals surface area (Å²) in [5, 5.41) is 4.36. The van der Waals surface area contributed by atoms with Gasteiger partial charge in [0.1, 0.15) is 5.75 Å². The third kappa shape index (κ3) is 5.06. The second-order valence-corrected chi connectivity index (χ2v) is 7.80. The quantitative estimate of drug-likeness (QED) is 0.662. The number of furan rings is 1. The average Bonchev–Trinajstić information content (AvgIpc) is 3.23. The Kier molecular flexibility index (Phi) is 6.09. The minimum atomic E-state index is -4.06. The highest BCUT2D eigenvalue weighted by atomic mass is 32.2. The van der Waals surface area contributed by atoms with Crippen molar-refractivity contribution in [3.8, 4) is 5.75 Å². The zero-order valence-electron chi connectivity index (χ0n) is 15.7. The molecule has 11 heteroatoms. The molecule has 0 saturated carbocycles. The van der Waals surface area contributed by atoms with Gasteiger partial charge in [-0.15, -0.1) is 0 Å². The standard InChI is InChI=1S/C18H21N3O7S/c1-26-14-4-2-13(3-5-14)20-8-10-21(11-9-20)16(22)12-27-18(23)15-6-7-17(28-15)29(19,24)25/h2-7H,8-12H2,1H3,(H2,19,24,25). The lowest BCUT2D eigenvalue weighted by atomic mass is 10.2. The maximum atomic E-state index is 12.3. The van der Waals surface area contributed by atoms with Crippen molar-refractivity contribution in [2.45, 2.75) is 5.09 Å². The van der Waals surface area contributed by atoms with Crippen molar-refractivity contribution in [2.75, 3.05) is 44.8 Å². The van der Waals surface area contributed by atoms with Crippen LogP contribution in [-0.2, 0) is 19.6 Å². The van der Waals surface area contributed by atoms with E-state index in [2.05, 4.69) is 4.90 Å². The Morgan fingerprint density at radius 2 is 1.72 bits per heavy atom. The van der Waals surface area contributed by atoms with Gasteiger partial charge in [0.05, 0.1) is 7.11 Å². The molecule has 3 rings (SSSR count). The van der Waals surface area contributed by atoms with Crippen LogP contribution in [0.5, 0.6) is 5.75 Å². The molecule has 1 aliphatic heterocycles. The molecule has 2 heterocycles. The Labute approximate surface area is 167 Å². The Balaban J connectivity index is 1.48. The highest BCUT2D eigenvalue weighted by Crippen LogP contribution is 2.20. The summed E-state index contributed by atoms with van der Waals surface area (Å²) in [4.78, 5) is 28.0. The molecule has 1 amide bonds. The Morgan fingerprint density at radius 1 is 1.07 bits per heavy atom. The Morgan fingerprint density at radius 3 is 2.28 bits per heavy atom. The van der Waals surface area contributed by atoms with E-state index < -0.39 is 27.7 Å². The van der Waals surface area contributed by atoms with Gasteiger partial charge < -0.3 is 23.7 Å². The van der Waals surface area contributed by atoms with Crippen LogP contribution < -0.4 is 14.8 Å². The molecule has 29 heavy (non-hydrogen) atoms. The predicted octanol–water partition coefficient (Wildman–Crippen LogP) is 0.441. The van der Waals surface area contributed by atoms with Crippen LogP contribution >= 0.6 is 0 Å². The molecular formula is C18H21N3O7S. The minimum Gasteiger partial charge on any atom is -0.497 e. The Bertz CT molecular complexity index is 977. The average molecular weight is 423 g/mol. The summed E-state index contributed by atoms with van der Waals surface area (Å²) in [7, 11) is -2.45. The van der Waals surface area contributed by atoms with E-state index in [0.29, 0.717) is 26.2 Å². The molecule has 2 N–H and O–H groups in total. The van der Waals surface area contributed by atoms with Crippen LogP contribution in [0.4, 0.5) is 5.69 Å². The normalized spacial score (nSPS) is 14.6. The number of anilines is 1. The van der Waals surface area contributed by atoms with Crippen LogP contribution in [0.3, 0.4) is 0 Å². The number of nitrogens with zero attached hydrogens (tertiary/aromatic N) is 2. The number of piperazine rings is 1. The van der Waals surface area contributed by atoms with Crippen LogP contribution in [-0.4, -0.2) is 65.1 Å². The summed E-state index contributed by atoms with van der Waals surface area (Å²) >= 11 is 0. The van der Waals surface area contributed by atoms with Crippen LogP contribution in [0, 0.1) is 0 Å². The molecule has 0 bridgehead atoms. The zero-order chi connectivity index (χ0) is 21.0. The number of hydrogen-bond acceptors (Lipinski definition) is 8. The lowest BCUT2D eigenvalue weighted by Crippen LogP contribution is -2.49. The topological polar surface area (TPSA) is 132 Å². The minimum absolute atomic E-state index is 0.342. The van der Waals surface area contributed by atoms with Gasteiger partial charge in [-0.1, -0.05) is 0 Å². The third-order valence-electron chi connectivity index (χ3n) is 4.46. The number of sulfonamides is 1. The van der Waals surface area contributed by atoms with Gasteiger partial charge in [-0.2, -0.15) is 0 Å². The first-order valence-corrected chi connectivity index (χ1v) is 10.3. The lowest BCUT2D eigenvalue weighted by Gasteiger charge is -2.36. The van der Waals surface area contributed by atoms with Crippen molar-refractivity contribution in [1.29, 1.82) is 0 Å². The van der Waals surface area contributed by atoms with Gasteiger partial charge in [0.25, 0.3) is 15.9 Å². The number of hydrogen-bond donors (Lipinski definition) is 1. The summed E-state index contributed by atoms with van der Waals surface area (Å²) in [5.74, 6) is -0.848. The number of methoxy groups -OCH3 is 1. The molecule has 0 atom stereocenters. The number of esters is 1. The molecule has 1 aliphatic rings. The first-order valence-electron chi connectivity index (χ1n) is 8.74. The largest absolute Gasteiger partial charge is 0.497 e. The van der Waals surface area contributed by atoms with E-state index in [-0.39, 0.29) is 11.7 Å². The summed E-state index contributed by atoms with van der Waals surface area (Å²) in [6.07, 6.45) is 0. The van der Waals surface area contributed by atoms with Crippen LogP contribution in [0.1, 0.15) is 10.6 Å². The highest BCUT2D eigenvalue weighted by Gasteiger charge is 2.24. The lowest BCUT2D eigenvalue weighted by molar-refractivity contribution is -0.134. The molecule has 2 aromatic rings. The maximum Gasteiger partial charge on any atom is 0.374 e. The van der Waals surface area contributed by atoms with Gasteiger partial charge in [0.15, 0.2) is 6.61 Å². The van der Waals surface area contributed by atoms with E-state index in [0.717, 1.165) is 23.6 Å². The number of carbonyl (C=O) groups excluding carboxylic acids is 2. The second-order valence-electron chi connectivity index (χ2n) is 6.31. The first kappa shape index (κ1) is 20.7. The van der Waals surface area contributed by atoms with Gasteiger partial charge in [0, 0.05) is 31.9 Å². The second kappa shape index (κ2) is 8.53. The molecule has 156 valence electrons. The van der Waals surface area contributed by atoms with Crippen LogP contribution in [0.25, 0.3) is 0 Å². The molecule has 0 aliphatic carbocycles. The van der Waals surface area contributed by atoms with Crippen molar-refractivity contribution in [1.82, 2.24) is 4.90 Å². The molecule has 0 spiro atoms. The van der Waals surface area contributed by atoms with Crippen molar-refractivity contribution >= 4 is 27.6 Å². The number of benzene rings is 1. The molecule has 1 aromatic carbocycles. The van der Waals surface area contributed by atoms with E-state index in [4.69, 9.17) is 19.0 Å². The molecule has 10 nitrogen and oxygen atoms in total. The molecule has 1 saturated heterocycles. The van der Waals surface area contributed by atoms with Crippen LogP contribution in [0.2, 0.25) is 0 Å². The number of rotatable bonds is 6. The van der Waals surface area contributed by atoms with Crippen LogP contribution in [0.15, 0.2) is 45.9 Å². The highest BCUT2D eigenvalue weighted by molar-refractivity contribution is 7.89. The van der Waals surface area contributed by atoms with Crippen molar-refractivity contribution < 1.29 is 31.9 Å². The number of ether oxygens (including phenoxy) is 2. The van der Waals surface area contributed by atoms with E-state index in [1.807, 2.05) is 24.3 Å². The smallest absolute Gasteiger partial charge is 0.374 e. The van der Waals surface area contributed by atoms with E-state index in [1.54, 1.807) is 12.0 Å². The number of primary sulfonamides is 1. The number of amides is 1. The van der Waals surface area contributed by atoms with Crippen molar-refractivity contribution in [3.63, 3.8) is 0 Å². The molecule has 1 aromatic heterocycles. The summed E-state index contributed by atoms with van der Waals surface area (Å²) in [6.45, 7) is 1.79. The van der Waals surface area contributed by atoms with E-state index in [1.165, 1.54) is 0 Å². The maximum absolute atomic E-state index is 12.3. The molecule has 0 unspecified atom stereocenters. The fourth-order valence-electron chi connectivity index (χ4n) is 2.88. The molecule has 1 fully saturated rings. The third-order valence-corrected chi connectivity index (χ3v) is 5.24. The zero-order valence-corrected chi connectivity index (χ0v) is 16.6. The Hall–Kier alpha value is -3.05. The van der Waals surface area contributed by atoms with Gasteiger partial charge in [-0.25, -0.2) is 18.4 Å². The predicted molar refractivity (Wildman–Crippen MR) is 102 cm³/mol. The van der Waals surface area contributed by atoms with Gasteiger partial charge in [-0.05, 0) is 36.4 Å². The summed E-state index contributed by atoms with van der Waals surface area (Å²) in [5.41, 5.74) is 1.04. The van der Waals surface area contributed by atoms with E-state index in [9.17, 15) is 18.0 Å².